The average molecular weight is 344 g/mol. The molecule has 2 atom stereocenters. The number of hydrogen-bond donors (Lipinski definition) is 0. The second kappa shape index (κ2) is 7.40. The van der Waals surface area contributed by atoms with E-state index in [0.717, 1.165) is 17.4 Å². The summed E-state index contributed by atoms with van der Waals surface area (Å²) in [6.07, 6.45) is 6.93. The maximum atomic E-state index is 4.89. The fourth-order valence-corrected chi connectivity index (χ4v) is 5.39. The first-order valence-corrected chi connectivity index (χ1v) is 10.5. The summed E-state index contributed by atoms with van der Waals surface area (Å²) in [6.45, 7) is 8.66. The minimum atomic E-state index is 0.806. The number of benzene rings is 1. The van der Waals surface area contributed by atoms with E-state index in [1.165, 1.54) is 74.7 Å². The summed E-state index contributed by atoms with van der Waals surface area (Å²) >= 11 is 1.86. The minimum Gasteiger partial charge on any atom is -0.347 e. The second-order valence-electron chi connectivity index (χ2n) is 7.51. The summed E-state index contributed by atoms with van der Waals surface area (Å²) in [6, 6.07) is 8.54. The summed E-state index contributed by atoms with van der Waals surface area (Å²) in [4.78, 5) is 10.2. The summed E-state index contributed by atoms with van der Waals surface area (Å²) in [5.74, 6) is 1.63. The van der Waals surface area contributed by atoms with Gasteiger partial charge in [0.1, 0.15) is 0 Å². The largest absolute Gasteiger partial charge is 0.347 e. The fourth-order valence-electron chi connectivity index (χ4n) is 4.41. The third-order valence-corrected chi connectivity index (χ3v) is 6.94. The molecule has 0 radical (unpaired) electrons. The van der Waals surface area contributed by atoms with Crippen LogP contribution in [-0.2, 0) is 0 Å². The maximum absolute atomic E-state index is 4.89. The molecule has 3 heterocycles. The number of para-hydroxylation sites is 1. The second-order valence-corrected chi connectivity index (χ2v) is 8.52. The molecule has 0 spiro atoms. The van der Waals surface area contributed by atoms with E-state index in [4.69, 9.17) is 4.98 Å². The molecule has 24 heavy (non-hydrogen) atoms. The number of anilines is 1. The molecule has 2 fully saturated rings. The third kappa shape index (κ3) is 3.45. The fraction of sp³-hybridized carbons (Fsp3) is 0.650. The van der Waals surface area contributed by atoms with Crippen LogP contribution >= 0.6 is 11.3 Å². The van der Waals surface area contributed by atoms with Crippen LogP contribution < -0.4 is 4.90 Å². The molecule has 4 rings (SSSR count). The Bertz CT molecular complexity index is 627. The molecule has 2 saturated heterocycles. The molecule has 0 aliphatic carbocycles. The van der Waals surface area contributed by atoms with Crippen LogP contribution in [0.2, 0.25) is 0 Å². The van der Waals surface area contributed by atoms with Gasteiger partial charge in [0.15, 0.2) is 5.13 Å². The van der Waals surface area contributed by atoms with Gasteiger partial charge in [-0.15, -0.1) is 0 Å². The van der Waals surface area contributed by atoms with Crippen LogP contribution in [0.25, 0.3) is 10.2 Å². The quantitative estimate of drug-likeness (QED) is 0.806. The van der Waals surface area contributed by atoms with E-state index in [1.54, 1.807) is 0 Å². The lowest BCUT2D eigenvalue weighted by molar-refractivity contribution is 0.218. The van der Waals surface area contributed by atoms with Gasteiger partial charge in [0.25, 0.3) is 0 Å². The van der Waals surface area contributed by atoms with Crippen molar-refractivity contribution in [2.75, 3.05) is 37.6 Å². The van der Waals surface area contributed by atoms with Crippen LogP contribution in [0.3, 0.4) is 0 Å². The Morgan fingerprint density at radius 1 is 1.04 bits per heavy atom. The highest BCUT2D eigenvalue weighted by Gasteiger charge is 2.34. The predicted octanol–water partition coefficient (Wildman–Crippen LogP) is 4.63. The van der Waals surface area contributed by atoms with Crippen molar-refractivity contribution in [2.45, 2.75) is 39.0 Å². The molecule has 0 bridgehead atoms. The highest BCUT2D eigenvalue weighted by molar-refractivity contribution is 7.22. The standard InChI is InChI=1S/C20H29N3S/c1-2-16-14-23(20-21-18-9-5-6-10-19(18)24-20)15-17(16)13-22-11-7-3-4-8-12-22/h5-6,9-10,16-17H,2-4,7-8,11-15H2,1H3/t16-,17+/m0/s1. The smallest absolute Gasteiger partial charge is 0.186 e. The van der Waals surface area contributed by atoms with Crippen LogP contribution in [0.15, 0.2) is 24.3 Å². The summed E-state index contributed by atoms with van der Waals surface area (Å²) in [7, 11) is 0. The number of fused-ring (bicyclic) bond motifs is 1. The summed E-state index contributed by atoms with van der Waals surface area (Å²) < 4.78 is 1.32. The Balaban J connectivity index is 1.46. The first-order valence-electron chi connectivity index (χ1n) is 9.66. The van der Waals surface area contributed by atoms with Gasteiger partial charge in [-0.25, -0.2) is 4.98 Å². The highest BCUT2D eigenvalue weighted by Crippen LogP contribution is 2.35. The third-order valence-electron chi connectivity index (χ3n) is 5.85. The molecule has 0 amide bonds. The van der Waals surface area contributed by atoms with Crippen molar-refractivity contribution in [3.8, 4) is 0 Å². The normalized spacial score (nSPS) is 26.1. The molecule has 0 unspecified atom stereocenters. The molecular weight excluding hydrogens is 314 g/mol. The van der Waals surface area contributed by atoms with Crippen LogP contribution in [-0.4, -0.2) is 42.6 Å². The number of likely N-dealkylation sites (tertiary alicyclic amines) is 1. The predicted molar refractivity (Wildman–Crippen MR) is 104 cm³/mol. The van der Waals surface area contributed by atoms with Crippen molar-refractivity contribution in [2.24, 2.45) is 11.8 Å². The van der Waals surface area contributed by atoms with E-state index in [-0.39, 0.29) is 0 Å². The van der Waals surface area contributed by atoms with Crippen LogP contribution in [0, 0.1) is 11.8 Å². The zero-order valence-corrected chi connectivity index (χ0v) is 15.6. The van der Waals surface area contributed by atoms with Crippen molar-refractivity contribution < 1.29 is 0 Å². The molecule has 3 nitrogen and oxygen atoms in total. The van der Waals surface area contributed by atoms with E-state index in [1.807, 2.05) is 11.3 Å². The molecule has 0 saturated carbocycles. The number of thiazole rings is 1. The van der Waals surface area contributed by atoms with Gasteiger partial charge in [0.05, 0.1) is 10.2 Å². The molecule has 1 aromatic heterocycles. The van der Waals surface area contributed by atoms with E-state index >= 15 is 0 Å². The maximum Gasteiger partial charge on any atom is 0.186 e. The van der Waals surface area contributed by atoms with Crippen LogP contribution in [0.5, 0.6) is 0 Å². The molecular formula is C20H29N3S. The Kier molecular flexibility index (Phi) is 5.04. The highest BCUT2D eigenvalue weighted by atomic mass is 32.1. The molecule has 4 heteroatoms. The Hall–Kier alpha value is -1.13. The van der Waals surface area contributed by atoms with Gasteiger partial charge in [-0.2, -0.15) is 0 Å². The lowest BCUT2D eigenvalue weighted by Crippen LogP contribution is -2.33. The van der Waals surface area contributed by atoms with Gasteiger partial charge < -0.3 is 9.80 Å². The Morgan fingerprint density at radius 3 is 2.54 bits per heavy atom. The molecule has 1 aromatic carbocycles. The van der Waals surface area contributed by atoms with Gasteiger partial charge in [0.2, 0.25) is 0 Å². The van der Waals surface area contributed by atoms with Gasteiger partial charge in [0, 0.05) is 19.6 Å². The lowest BCUT2D eigenvalue weighted by atomic mass is 9.93. The lowest BCUT2D eigenvalue weighted by Gasteiger charge is -2.26. The Morgan fingerprint density at radius 2 is 1.79 bits per heavy atom. The summed E-state index contributed by atoms with van der Waals surface area (Å²) in [5, 5.41) is 1.23. The van der Waals surface area contributed by atoms with Gasteiger partial charge in [-0.1, -0.05) is 49.7 Å². The number of hydrogen-bond acceptors (Lipinski definition) is 4. The SMILES string of the molecule is CC[C@H]1CN(c2nc3ccccc3s2)C[C@H]1CN1CCCCCC1. The molecule has 0 N–H and O–H groups in total. The van der Waals surface area contributed by atoms with Crippen molar-refractivity contribution in [3.05, 3.63) is 24.3 Å². The van der Waals surface area contributed by atoms with Gasteiger partial charge in [-0.05, 0) is 49.9 Å². The zero-order valence-electron chi connectivity index (χ0n) is 14.8. The number of nitrogens with zero attached hydrogens (tertiary/aromatic N) is 3. The molecule has 2 aliphatic heterocycles. The van der Waals surface area contributed by atoms with Crippen molar-refractivity contribution >= 4 is 26.7 Å². The van der Waals surface area contributed by atoms with Crippen molar-refractivity contribution in [1.82, 2.24) is 9.88 Å². The van der Waals surface area contributed by atoms with E-state index < -0.39 is 0 Å². The molecule has 130 valence electrons. The summed E-state index contributed by atoms with van der Waals surface area (Å²) in [5.41, 5.74) is 1.15. The first-order chi connectivity index (χ1) is 11.8. The number of rotatable bonds is 4. The topological polar surface area (TPSA) is 19.4 Å². The van der Waals surface area contributed by atoms with Crippen LogP contribution in [0.4, 0.5) is 5.13 Å². The van der Waals surface area contributed by atoms with E-state index in [2.05, 4.69) is 41.0 Å². The monoisotopic (exact) mass is 343 g/mol. The van der Waals surface area contributed by atoms with Gasteiger partial charge >= 0.3 is 0 Å². The average Bonchev–Trinajstić information content (AvgIpc) is 3.12. The molecule has 2 aromatic rings. The first kappa shape index (κ1) is 16.3. The van der Waals surface area contributed by atoms with E-state index in [0.29, 0.717) is 0 Å². The van der Waals surface area contributed by atoms with Gasteiger partial charge in [-0.3, -0.25) is 0 Å². The Labute approximate surface area is 149 Å². The van der Waals surface area contributed by atoms with Crippen molar-refractivity contribution in [1.29, 1.82) is 0 Å². The zero-order chi connectivity index (χ0) is 16.4. The van der Waals surface area contributed by atoms with Crippen molar-refractivity contribution in [3.63, 3.8) is 0 Å². The number of aromatic nitrogens is 1. The minimum absolute atomic E-state index is 0.806. The van der Waals surface area contributed by atoms with E-state index in [9.17, 15) is 0 Å². The molecule has 2 aliphatic rings. The van der Waals surface area contributed by atoms with Crippen LogP contribution in [0.1, 0.15) is 39.0 Å².